The molecule has 11 heteroatoms. The van der Waals surface area contributed by atoms with Crippen molar-refractivity contribution in [1.82, 2.24) is 10.2 Å². The third kappa shape index (κ3) is 7.45. The molecule has 3 rings (SSSR count). The minimum absolute atomic E-state index is 0.0199. The molecule has 0 aliphatic carbocycles. The smallest absolute Gasteiger partial charge is 0.264 e. The lowest BCUT2D eigenvalue weighted by atomic mass is 10.1. The molecule has 0 aliphatic rings. The summed E-state index contributed by atoms with van der Waals surface area (Å²) in [5.74, 6) is 0.284. The van der Waals surface area contributed by atoms with Crippen molar-refractivity contribution < 1.29 is 27.5 Å². The van der Waals surface area contributed by atoms with E-state index < -0.39 is 28.5 Å². The van der Waals surface area contributed by atoms with Crippen LogP contribution in [0.5, 0.6) is 11.5 Å². The fourth-order valence-electron chi connectivity index (χ4n) is 4.15. The summed E-state index contributed by atoms with van der Waals surface area (Å²) >= 11 is 6.06. The van der Waals surface area contributed by atoms with Gasteiger partial charge in [0.2, 0.25) is 11.8 Å². The van der Waals surface area contributed by atoms with Crippen molar-refractivity contribution in [3.8, 4) is 11.5 Å². The van der Waals surface area contributed by atoms with E-state index in [1.165, 1.54) is 48.4 Å². The van der Waals surface area contributed by atoms with Crippen LogP contribution in [0.15, 0.2) is 77.7 Å². The van der Waals surface area contributed by atoms with Crippen molar-refractivity contribution in [3.05, 3.63) is 83.4 Å². The number of benzene rings is 3. The number of anilines is 1. The summed E-state index contributed by atoms with van der Waals surface area (Å²) < 4.78 is 39.2. The molecule has 2 amide bonds. The number of amides is 2. The highest BCUT2D eigenvalue weighted by molar-refractivity contribution is 7.92. The molecule has 3 aromatic rings. The van der Waals surface area contributed by atoms with E-state index in [0.717, 1.165) is 9.87 Å². The molecule has 0 aliphatic heterocycles. The Bertz CT molecular complexity index is 1380. The quantitative estimate of drug-likeness (QED) is 0.316. The molecule has 0 heterocycles. The Morgan fingerprint density at radius 1 is 0.875 bits per heavy atom. The molecule has 0 aromatic heterocycles. The number of hydrogen-bond acceptors (Lipinski definition) is 6. The second kappa shape index (κ2) is 14.0. The number of nitrogens with zero attached hydrogens (tertiary/aromatic N) is 2. The van der Waals surface area contributed by atoms with Crippen LogP contribution in [0.1, 0.15) is 25.8 Å². The molecule has 0 fully saturated rings. The van der Waals surface area contributed by atoms with Crippen molar-refractivity contribution in [3.63, 3.8) is 0 Å². The molecule has 214 valence electrons. The molecular weight excluding hydrogens is 554 g/mol. The molecule has 9 nitrogen and oxygen atoms in total. The zero-order valence-corrected chi connectivity index (χ0v) is 24.5. The fraction of sp³-hybridized carbons (Fsp3) is 0.310. The van der Waals surface area contributed by atoms with Crippen molar-refractivity contribution >= 4 is 39.1 Å². The highest BCUT2D eigenvalue weighted by atomic mass is 35.5. The van der Waals surface area contributed by atoms with Crippen LogP contribution in [0.4, 0.5) is 5.69 Å². The molecule has 40 heavy (non-hydrogen) atoms. The van der Waals surface area contributed by atoms with Crippen LogP contribution in [0, 0.1) is 0 Å². The number of halogens is 1. The average Bonchev–Trinajstić information content (AvgIpc) is 2.96. The normalized spacial score (nSPS) is 11.8. The summed E-state index contributed by atoms with van der Waals surface area (Å²) in [6, 6.07) is 18.4. The first kappa shape index (κ1) is 30.8. The van der Waals surface area contributed by atoms with Crippen LogP contribution >= 0.6 is 11.6 Å². The summed E-state index contributed by atoms with van der Waals surface area (Å²) in [5, 5.41) is 3.20. The van der Waals surface area contributed by atoms with Gasteiger partial charge in [-0.25, -0.2) is 8.42 Å². The Balaban J connectivity index is 2.04. The second-order valence-electron chi connectivity index (χ2n) is 8.85. The van der Waals surface area contributed by atoms with Crippen LogP contribution < -0.4 is 19.1 Å². The lowest BCUT2D eigenvalue weighted by molar-refractivity contribution is -0.140. The number of ether oxygens (including phenoxy) is 2. The number of hydrogen-bond donors (Lipinski definition) is 1. The van der Waals surface area contributed by atoms with E-state index in [9.17, 15) is 18.0 Å². The van der Waals surface area contributed by atoms with Gasteiger partial charge in [-0.05, 0) is 79.6 Å². The monoisotopic (exact) mass is 587 g/mol. The number of rotatable bonds is 13. The zero-order chi connectivity index (χ0) is 29.3. The van der Waals surface area contributed by atoms with Gasteiger partial charge in [-0.3, -0.25) is 13.9 Å². The first-order valence-corrected chi connectivity index (χ1v) is 14.6. The van der Waals surface area contributed by atoms with Crippen LogP contribution in [0.25, 0.3) is 0 Å². The molecule has 0 saturated carbocycles. The zero-order valence-electron chi connectivity index (χ0n) is 23.0. The van der Waals surface area contributed by atoms with E-state index >= 15 is 0 Å². The number of carbonyl (C=O) groups is 2. The summed E-state index contributed by atoms with van der Waals surface area (Å²) in [5.41, 5.74) is 1.01. The van der Waals surface area contributed by atoms with Gasteiger partial charge < -0.3 is 19.7 Å². The highest BCUT2D eigenvalue weighted by Gasteiger charge is 2.33. The predicted molar refractivity (Wildman–Crippen MR) is 155 cm³/mol. The number of nitrogens with one attached hydrogen (secondary N) is 1. The van der Waals surface area contributed by atoms with Crippen LogP contribution in [0.2, 0.25) is 5.02 Å². The third-order valence-corrected chi connectivity index (χ3v) is 8.33. The van der Waals surface area contributed by atoms with Crippen LogP contribution in [-0.4, -0.2) is 58.5 Å². The topological polar surface area (TPSA) is 105 Å². The Morgan fingerprint density at radius 3 is 1.93 bits per heavy atom. The molecule has 0 unspecified atom stereocenters. The van der Waals surface area contributed by atoms with Crippen LogP contribution in [0.3, 0.4) is 0 Å². The Hall–Kier alpha value is -3.76. The lowest BCUT2D eigenvalue weighted by Gasteiger charge is -2.33. The van der Waals surface area contributed by atoms with Gasteiger partial charge in [-0.1, -0.05) is 30.7 Å². The Kier molecular flexibility index (Phi) is 10.8. The summed E-state index contributed by atoms with van der Waals surface area (Å²) in [7, 11) is -1.15. The summed E-state index contributed by atoms with van der Waals surface area (Å²) in [4.78, 5) is 28.4. The van der Waals surface area contributed by atoms with E-state index in [1.54, 1.807) is 57.4 Å². The maximum absolute atomic E-state index is 14.0. The average molecular weight is 588 g/mol. The summed E-state index contributed by atoms with van der Waals surface area (Å²) in [6.45, 7) is 3.55. The van der Waals surface area contributed by atoms with E-state index in [0.29, 0.717) is 29.5 Å². The van der Waals surface area contributed by atoms with Crippen LogP contribution in [-0.2, 0) is 26.2 Å². The van der Waals surface area contributed by atoms with Crippen molar-refractivity contribution in [2.45, 2.75) is 37.8 Å². The molecule has 0 spiro atoms. The minimum atomic E-state index is -4.20. The Morgan fingerprint density at radius 2 is 1.43 bits per heavy atom. The fourth-order valence-corrected chi connectivity index (χ4v) is 5.69. The minimum Gasteiger partial charge on any atom is -0.497 e. The van der Waals surface area contributed by atoms with Gasteiger partial charge in [0.15, 0.2) is 0 Å². The van der Waals surface area contributed by atoms with Gasteiger partial charge in [0, 0.05) is 18.1 Å². The highest BCUT2D eigenvalue weighted by Crippen LogP contribution is 2.27. The third-order valence-electron chi connectivity index (χ3n) is 6.29. The van der Waals surface area contributed by atoms with Crippen molar-refractivity contribution in [2.24, 2.45) is 0 Å². The van der Waals surface area contributed by atoms with E-state index in [-0.39, 0.29) is 23.0 Å². The first-order chi connectivity index (χ1) is 19.1. The Labute approximate surface area is 240 Å². The molecular formula is C29H34ClN3O6S. The first-order valence-electron chi connectivity index (χ1n) is 12.8. The van der Waals surface area contributed by atoms with Gasteiger partial charge >= 0.3 is 0 Å². The predicted octanol–water partition coefficient (Wildman–Crippen LogP) is 4.50. The van der Waals surface area contributed by atoms with E-state index in [2.05, 4.69) is 5.32 Å². The number of likely N-dealkylation sites (N-methyl/N-ethyl adjacent to an activating group) is 1. The van der Waals surface area contributed by atoms with E-state index in [4.69, 9.17) is 21.1 Å². The van der Waals surface area contributed by atoms with Crippen molar-refractivity contribution in [1.29, 1.82) is 0 Å². The lowest BCUT2D eigenvalue weighted by Crippen LogP contribution is -2.52. The number of carbonyl (C=O) groups excluding carboxylic acids is 2. The molecule has 3 aromatic carbocycles. The van der Waals surface area contributed by atoms with Gasteiger partial charge in [-0.2, -0.15) is 0 Å². The largest absolute Gasteiger partial charge is 0.497 e. The molecule has 1 atom stereocenters. The standard InChI is InChI=1S/C29H34ClN3O6S/c1-5-27(29(35)31-6-2)32(19-21-7-13-24(38-3)14-8-21)28(34)20-33(23-11-9-22(30)10-12-23)40(36,37)26-17-15-25(39-4)16-18-26/h7-18,27H,5-6,19-20H2,1-4H3,(H,31,35)/t27-/m1/s1. The number of methoxy groups -OCH3 is 2. The summed E-state index contributed by atoms with van der Waals surface area (Å²) in [6.07, 6.45) is 0.333. The van der Waals surface area contributed by atoms with Gasteiger partial charge in [-0.15, -0.1) is 0 Å². The van der Waals surface area contributed by atoms with Crippen molar-refractivity contribution in [2.75, 3.05) is 31.6 Å². The molecule has 0 saturated heterocycles. The maximum Gasteiger partial charge on any atom is 0.264 e. The number of sulfonamides is 1. The molecule has 0 radical (unpaired) electrons. The van der Waals surface area contributed by atoms with E-state index in [1.807, 2.05) is 0 Å². The van der Waals surface area contributed by atoms with Gasteiger partial charge in [0.1, 0.15) is 24.1 Å². The SMILES string of the molecule is CCNC(=O)[C@@H](CC)N(Cc1ccc(OC)cc1)C(=O)CN(c1ccc(Cl)cc1)S(=O)(=O)c1ccc(OC)cc1. The van der Waals surface area contributed by atoms with Gasteiger partial charge in [0.25, 0.3) is 10.0 Å². The second-order valence-corrected chi connectivity index (χ2v) is 11.2. The molecule has 0 bridgehead atoms. The molecule has 1 N–H and O–H groups in total. The maximum atomic E-state index is 14.0. The van der Waals surface area contributed by atoms with Gasteiger partial charge in [0.05, 0.1) is 24.8 Å².